The van der Waals surface area contributed by atoms with E-state index in [2.05, 4.69) is 10.2 Å². The molecule has 26 heavy (non-hydrogen) atoms. The quantitative estimate of drug-likeness (QED) is 0.689. The Balaban J connectivity index is 1.66. The van der Waals surface area contributed by atoms with Crippen molar-refractivity contribution >= 4 is 46.4 Å². The van der Waals surface area contributed by atoms with Crippen LogP contribution in [0.15, 0.2) is 36.4 Å². The molecule has 0 aliphatic carbocycles. The summed E-state index contributed by atoms with van der Waals surface area (Å²) in [5, 5.41) is 5.01. The number of amides is 1. The molecule has 1 aliphatic heterocycles. The molecule has 1 fully saturated rings. The van der Waals surface area contributed by atoms with E-state index < -0.39 is 0 Å². The summed E-state index contributed by atoms with van der Waals surface area (Å²) in [6, 6.07) is 11.1. The lowest BCUT2D eigenvalue weighted by atomic mass is 9.96. The highest BCUT2D eigenvalue weighted by molar-refractivity contribution is 6.36. The molecule has 0 saturated carbocycles. The molecule has 1 N–H and O–H groups in total. The highest BCUT2D eigenvalue weighted by atomic mass is 35.5. The number of anilines is 1. The lowest BCUT2D eigenvalue weighted by Gasteiger charge is -2.32. The molecule has 0 radical (unpaired) electrons. The minimum absolute atomic E-state index is 0.0327. The van der Waals surface area contributed by atoms with E-state index in [4.69, 9.17) is 34.8 Å². The standard InChI is InChI=1S/C20H21Cl3N2O/c1-13-16(21)6-3-9-19(13)24-20(26)14-5-4-10-25(11-14)12-15-17(22)7-2-8-18(15)23/h2-3,6-9,14H,4-5,10-12H2,1H3,(H,24,26)/t14-/m0/s1. The summed E-state index contributed by atoms with van der Waals surface area (Å²) in [6.07, 6.45) is 1.84. The predicted octanol–water partition coefficient (Wildman–Crippen LogP) is 5.81. The normalized spacial score (nSPS) is 17.9. The van der Waals surface area contributed by atoms with Crippen LogP contribution >= 0.6 is 34.8 Å². The van der Waals surface area contributed by atoms with Crippen LogP contribution in [0.2, 0.25) is 15.1 Å². The van der Waals surface area contributed by atoms with Gasteiger partial charge in [-0.2, -0.15) is 0 Å². The topological polar surface area (TPSA) is 32.3 Å². The second-order valence-corrected chi connectivity index (χ2v) is 7.90. The van der Waals surface area contributed by atoms with Crippen molar-refractivity contribution in [2.45, 2.75) is 26.3 Å². The Hall–Kier alpha value is -1.26. The average molecular weight is 412 g/mol. The third-order valence-corrected chi connectivity index (χ3v) is 5.96. The molecule has 2 aromatic carbocycles. The highest BCUT2D eigenvalue weighted by Gasteiger charge is 2.27. The predicted molar refractivity (Wildman–Crippen MR) is 109 cm³/mol. The molecule has 6 heteroatoms. The maximum absolute atomic E-state index is 12.7. The van der Waals surface area contributed by atoms with E-state index in [1.165, 1.54) is 0 Å². The molecule has 1 aliphatic rings. The van der Waals surface area contributed by atoms with E-state index in [1.54, 1.807) is 0 Å². The van der Waals surface area contributed by atoms with Crippen LogP contribution in [0.25, 0.3) is 0 Å². The number of piperidine rings is 1. The van der Waals surface area contributed by atoms with Gasteiger partial charge in [-0.3, -0.25) is 9.69 Å². The van der Waals surface area contributed by atoms with Gasteiger partial charge in [0.2, 0.25) is 5.91 Å². The Labute approximate surface area is 169 Å². The van der Waals surface area contributed by atoms with Gasteiger partial charge in [0.15, 0.2) is 0 Å². The van der Waals surface area contributed by atoms with Crippen LogP contribution in [0.1, 0.15) is 24.0 Å². The fourth-order valence-electron chi connectivity index (χ4n) is 3.30. The van der Waals surface area contributed by atoms with Gasteiger partial charge in [0, 0.05) is 39.4 Å². The van der Waals surface area contributed by atoms with Gasteiger partial charge in [-0.05, 0) is 56.1 Å². The number of hydrogen-bond acceptors (Lipinski definition) is 2. The summed E-state index contributed by atoms with van der Waals surface area (Å²) < 4.78 is 0. The number of carbonyl (C=O) groups excluding carboxylic acids is 1. The number of rotatable bonds is 4. The Kier molecular flexibility index (Phi) is 6.46. The van der Waals surface area contributed by atoms with Gasteiger partial charge in [-0.15, -0.1) is 0 Å². The number of nitrogens with one attached hydrogen (secondary N) is 1. The van der Waals surface area contributed by atoms with Crippen molar-refractivity contribution in [3.8, 4) is 0 Å². The van der Waals surface area contributed by atoms with Crippen molar-refractivity contribution in [2.75, 3.05) is 18.4 Å². The van der Waals surface area contributed by atoms with E-state index in [9.17, 15) is 4.79 Å². The molecule has 1 amide bonds. The maximum Gasteiger partial charge on any atom is 0.228 e. The molecule has 1 atom stereocenters. The zero-order valence-electron chi connectivity index (χ0n) is 14.6. The number of halogens is 3. The molecular weight excluding hydrogens is 391 g/mol. The van der Waals surface area contributed by atoms with E-state index >= 15 is 0 Å². The molecule has 1 saturated heterocycles. The number of hydrogen-bond donors (Lipinski definition) is 1. The zero-order valence-corrected chi connectivity index (χ0v) is 16.8. The Morgan fingerprint density at radius 3 is 2.50 bits per heavy atom. The maximum atomic E-state index is 12.7. The monoisotopic (exact) mass is 410 g/mol. The lowest BCUT2D eigenvalue weighted by molar-refractivity contribution is -0.121. The SMILES string of the molecule is Cc1c(Cl)cccc1NC(=O)[C@H]1CCCN(Cc2c(Cl)cccc2Cl)C1. The summed E-state index contributed by atoms with van der Waals surface area (Å²) in [6.45, 7) is 4.18. The van der Waals surface area contributed by atoms with Crippen molar-refractivity contribution in [1.82, 2.24) is 4.90 Å². The first-order chi connectivity index (χ1) is 12.5. The molecule has 3 nitrogen and oxygen atoms in total. The van der Waals surface area contributed by atoms with Crippen LogP contribution in [0.5, 0.6) is 0 Å². The highest BCUT2D eigenvalue weighted by Crippen LogP contribution is 2.29. The smallest absolute Gasteiger partial charge is 0.228 e. The van der Waals surface area contributed by atoms with Gasteiger partial charge in [0.25, 0.3) is 0 Å². The summed E-state index contributed by atoms with van der Waals surface area (Å²) in [4.78, 5) is 15.0. The molecule has 138 valence electrons. The largest absolute Gasteiger partial charge is 0.326 e. The van der Waals surface area contributed by atoms with Crippen molar-refractivity contribution < 1.29 is 4.79 Å². The Morgan fingerprint density at radius 1 is 1.12 bits per heavy atom. The van der Waals surface area contributed by atoms with E-state index in [-0.39, 0.29) is 11.8 Å². The minimum atomic E-state index is -0.0663. The van der Waals surface area contributed by atoms with Crippen LogP contribution in [-0.2, 0) is 11.3 Å². The zero-order chi connectivity index (χ0) is 18.7. The number of likely N-dealkylation sites (tertiary alicyclic amines) is 1. The van der Waals surface area contributed by atoms with E-state index in [0.29, 0.717) is 28.2 Å². The third kappa shape index (κ3) is 4.52. The van der Waals surface area contributed by atoms with Crippen LogP contribution in [0, 0.1) is 12.8 Å². The van der Waals surface area contributed by atoms with Crippen LogP contribution in [-0.4, -0.2) is 23.9 Å². The van der Waals surface area contributed by atoms with Crippen molar-refractivity contribution in [2.24, 2.45) is 5.92 Å². The summed E-state index contributed by atoms with van der Waals surface area (Å²) in [7, 11) is 0. The van der Waals surface area contributed by atoms with Gasteiger partial charge in [-0.25, -0.2) is 0 Å². The Bertz CT molecular complexity index is 789. The lowest BCUT2D eigenvalue weighted by Crippen LogP contribution is -2.40. The minimum Gasteiger partial charge on any atom is -0.326 e. The first-order valence-electron chi connectivity index (χ1n) is 8.67. The van der Waals surface area contributed by atoms with Crippen molar-refractivity contribution in [3.63, 3.8) is 0 Å². The fourth-order valence-corrected chi connectivity index (χ4v) is 3.99. The molecule has 0 spiro atoms. The number of nitrogens with zero attached hydrogens (tertiary/aromatic N) is 1. The van der Waals surface area contributed by atoms with Gasteiger partial charge >= 0.3 is 0 Å². The van der Waals surface area contributed by atoms with Crippen LogP contribution in [0.4, 0.5) is 5.69 Å². The third-order valence-electron chi connectivity index (χ3n) is 4.85. The second-order valence-electron chi connectivity index (χ2n) is 6.68. The molecule has 1 heterocycles. The van der Waals surface area contributed by atoms with E-state index in [0.717, 1.165) is 36.2 Å². The summed E-state index contributed by atoms with van der Waals surface area (Å²) in [5.41, 5.74) is 2.58. The molecular formula is C20H21Cl3N2O. The molecule has 2 aromatic rings. The van der Waals surface area contributed by atoms with Crippen LogP contribution in [0.3, 0.4) is 0 Å². The first-order valence-corrected chi connectivity index (χ1v) is 9.80. The van der Waals surface area contributed by atoms with Crippen molar-refractivity contribution in [3.05, 3.63) is 62.6 Å². The summed E-state index contributed by atoms with van der Waals surface area (Å²) >= 11 is 18.7. The fraction of sp³-hybridized carbons (Fsp3) is 0.350. The summed E-state index contributed by atoms with van der Waals surface area (Å²) in [5.74, 6) is -0.0336. The average Bonchev–Trinajstić information content (AvgIpc) is 2.62. The first kappa shape index (κ1) is 19.5. The number of carbonyl (C=O) groups is 1. The van der Waals surface area contributed by atoms with E-state index in [1.807, 2.05) is 43.3 Å². The number of benzene rings is 2. The van der Waals surface area contributed by atoms with Gasteiger partial charge in [0.1, 0.15) is 0 Å². The molecule has 3 rings (SSSR count). The Morgan fingerprint density at radius 2 is 1.77 bits per heavy atom. The van der Waals surface area contributed by atoms with Gasteiger partial charge in [0.05, 0.1) is 5.92 Å². The molecule has 0 unspecified atom stereocenters. The van der Waals surface area contributed by atoms with Gasteiger partial charge < -0.3 is 5.32 Å². The van der Waals surface area contributed by atoms with Gasteiger partial charge in [-0.1, -0.05) is 46.9 Å². The van der Waals surface area contributed by atoms with Crippen LogP contribution < -0.4 is 5.32 Å². The second kappa shape index (κ2) is 8.62. The van der Waals surface area contributed by atoms with Crippen molar-refractivity contribution in [1.29, 1.82) is 0 Å². The molecule has 0 bridgehead atoms. The molecule has 0 aromatic heterocycles.